The minimum Gasteiger partial charge on any atom is -0.322 e. The zero-order valence-corrected chi connectivity index (χ0v) is 14.8. The van der Waals surface area contributed by atoms with Crippen molar-refractivity contribution in [2.24, 2.45) is 0 Å². The molecule has 1 amide bonds. The second-order valence-corrected chi connectivity index (χ2v) is 6.36. The highest BCUT2D eigenvalue weighted by Crippen LogP contribution is 2.17. The fourth-order valence-electron chi connectivity index (χ4n) is 2.61. The van der Waals surface area contributed by atoms with E-state index in [1.54, 1.807) is 12.1 Å². The van der Waals surface area contributed by atoms with Crippen LogP contribution in [-0.4, -0.2) is 15.5 Å². The van der Waals surface area contributed by atoms with Gasteiger partial charge in [0.15, 0.2) is 0 Å². The topological polar surface area (TPSA) is 84.0 Å². The second kappa shape index (κ2) is 7.41. The molecule has 2 aromatic carbocycles. The van der Waals surface area contributed by atoms with Gasteiger partial charge in [-0.15, -0.1) is 0 Å². The van der Waals surface area contributed by atoms with Gasteiger partial charge in [-0.05, 0) is 47.9 Å². The van der Waals surface area contributed by atoms with Crippen LogP contribution in [-0.2, 0) is 0 Å². The number of nitrogens with zero attached hydrogens (tertiary/aromatic N) is 1. The predicted octanol–water partition coefficient (Wildman–Crippen LogP) is 3.04. The second-order valence-electron chi connectivity index (χ2n) is 6.36. The minimum atomic E-state index is -0.790. The van der Waals surface area contributed by atoms with Crippen LogP contribution in [0, 0.1) is 5.82 Å². The van der Waals surface area contributed by atoms with Crippen LogP contribution in [0.3, 0.4) is 0 Å². The van der Waals surface area contributed by atoms with Gasteiger partial charge in [-0.25, -0.2) is 13.8 Å². The molecule has 0 unspecified atom stereocenters. The molecule has 0 fully saturated rings. The summed E-state index contributed by atoms with van der Waals surface area (Å²) in [5, 5.41) is 2.64. The molecule has 2 N–H and O–H groups in total. The van der Waals surface area contributed by atoms with Crippen molar-refractivity contribution in [2.75, 3.05) is 5.32 Å². The van der Waals surface area contributed by atoms with Crippen molar-refractivity contribution >= 4 is 11.6 Å². The molecule has 0 saturated heterocycles. The van der Waals surface area contributed by atoms with Gasteiger partial charge >= 0.3 is 5.69 Å². The van der Waals surface area contributed by atoms with E-state index in [0.29, 0.717) is 11.6 Å². The lowest BCUT2D eigenvalue weighted by Gasteiger charge is -2.09. The Labute approximate surface area is 154 Å². The first kappa shape index (κ1) is 18.3. The van der Waals surface area contributed by atoms with E-state index in [1.165, 1.54) is 12.1 Å². The monoisotopic (exact) mass is 367 g/mol. The van der Waals surface area contributed by atoms with Gasteiger partial charge < -0.3 is 10.3 Å². The van der Waals surface area contributed by atoms with Gasteiger partial charge in [0, 0.05) is 11.9 Å². The average molecular weight is 367 g/mol. The molecule has 1 heterocycles. The third-order valence-corrected chi connectivity index (χ3v) is 4.14. The van der Waals surface area contributed by atoms with Gasteiger partial charge in [0.1, 0.15) is 11.4 Å². The van der Waals surface area contributed by atoms with Crippen molar-refractivity contribution in [3.8, 4) is 5.69 Å². The fraction of sp³-hybridized carbons (Fsp3) is 0.150. The highest BCUT2D eigenvalue weighted by Gasteiger charge is 2.16. The van der Waals surface area contributed by atoms with Crippen molar-refractivity contribution in [1.82, 2.24) is 9.55 Å². The molecule has 0 aliphatic rings. The van der Waals surface area contributed by atoms with E-state index in [9.17, 15) is 18.8 Å². The summed E-state index contributed by atoms with van der Waals surface area (Å²) in [7, 11) is 0. The highest BCUT2D eigenvalue weighted by atomic mass is 19.1. The molecule has 3 rings (SSSR count). The van der Waals surface area contributed by atoms with Gasteiger partial charge in [0.05, 0.1) is 5.69 Å². The van der Waals surface area contributed by atoms with Crippen molar-refractivity contribution < 1.29 is 9.18 Å². The quantitative estimate of drug-likeness (QED) is 0.743. The van der Waals surface area contributed by atoms with Crippen molar-refractivity contribution in [3.05, 3.63) is 92.5 Å². The van der Waals surface area contributed by atoms with Gasteiger partial charge in [-0.3, -0.25) is 9.59 Å². The molecular formula is C20H18FN3O3. The first-order chi connectivity index (χ1) is 12.9. The summed E-state index contributed by atoms with van der Waals surface area (Å²) in [6.07, 6.45) is 1.07. The maximum atomic E-state index is 13.1. The molecule has 0 aliphatic carbocycles. The van der Waals surface area contributed by atoms with Crippen molar-refractivity contribution in [3.63, 3.8) is 0 Å². The summed E-state index contributed by atoms with van der Waals surface area (Å²) in [5.74, 6) is -0.789. The maximum Gasteiger partial charge on any atom is 0.333 e. The Morgan fingerprint density at radius 1 is 1.04 bits per heavy atom. The van der Waals surface area contributed by atoms with E-state index >= 15 is 0 Å². The first-order valence-electron chi connectivity index (χ1n) is 8.39. The number of carbonyl (C=O) groups excluding carboxylic acids is 1. The van der Waals surface area contributed by atoms with Crippen LogP contribution in [0.2, 0.25) is 0 Å². The Balaban J connectivity index is 1.94. The molecule has 7 heteroatoms. The lowest BCUT2D eigenvalue weighted by molar-refractivity contribution is 0.102. The van der Waals surface area contributed by atoms with Gasteiger partial charge in [-0.1, -0.05) is 26.0 Å². The van der Waals surface area contributed by atoms with Crippen LogP contribution in [0.1, 0.15) is 35.7 Å². The molecule has 1 aromatic heterocycles. The van der Waals surface area contributed by atoms with Crippen LogP contribution < -0.4 is 16.6 Å². The SMILES string of the molecule is CC(C)c1ccc(NC(=O)c2c[nH]c(=O)n(-c3ccc(F)cc3)c2=O)cc1. The number of H-pyrrole nitrogens is 1. The number of halogens is 1. The molecule has 0 radical (unpaired) electrons. The summed E-state index contributed by atoms with van der Waals surface area (Å²) in [6.45, 7) is 4.12. The van der Waals surface area contributed by atoms with Crippen LogP contribution in [0.15, 0.2) is 64.3 Å². The number of amides is 1. The highest BCUT2D eigenvalue weighted by molar-refractivity contribution is 6.03. The number of anilines is 1. The lowest BCUT2D eigenvalue weighted by atomic mass is 10.0. The number of hydrogen-bond acceptors (Lipinski definition) is 3. The normalized spacial score (nSPS) is 10.8. The maximum absolute atomic E-state index is 13.1. The lowest BCUT2D eigenvalue weighted by Crippen LogP contribution is -2.38. The zero-order valence-electron chi connectivity index (χ0n) is 14.8. The third-order valence-electron chi connectivity index (χ3n) is 4.14. The Kier molecular flexibility index (Phi) is 5.03. The number of hydrogen-bond donors (Lipinski definition) is 2. The molecule has 6 nitrogen and oxygen atoms in total. The smallest absolute Gasteiger partial charge is 0.322 e. The zero-order chi connectivity index (χ0) is 19.6. The number of rotatable bonds is 4. The van der Waals surface area contributed by atoms with E-state index < -0.39 is 23.0 Å². The van der Waals surface area contributed by atoms with Gasteiger partial charge in [0.2, 0.25) is 0 Å². The molecule has 0 aliphatic heterocycles. The van der Waals surface area contributed by atoms with Crippen LogP contribution in [0.4, 0.5) is 10.1 Å². The Morgan fingerprint density at radius 2 is 1.67 bits per heavy atom. The molecule has 3 aromatic rings. The number of carbonyl (C=O) groups is 1. The fourth-order valence-corrected chi connectivity index (χ4v) is 2.61. The number of nitrogens with one attached hydrogen (secondary N) is 2. The Hall–Kier alpha value is -3.48. The van der Waals surface area contributed by atoms with E-state index in [4.69, 9.17) is 0 Å². The van der Waals surface area contributed by atoms with Crippen LogP contribution >= 0.6 is 0 Å². The molecule has 0 atom stereocenters. The summed E-state index contributed by atoms with van der Waals surface area (Å²) in [4.78, 5) is 39.5. The summed E-state index contributed by atoms with van der Waals surface area (Å²) in [6, 6.07) is 12.1. The Morgan fingerprint density at radius 3 is 2.26 bits per heavy atom. The molecule has 0 bridgehead atoms. The van der Waals surface area contributed by atoms with E-state index in [-0.39, 0.29) is 11.3 Å². The average Bonchev–Trinajstić information content (AvgIpc) is 2.63. The van der Waals surface area contributed by atoms with E-state index in [1.807, 2.05) is 12.1 Å². The van der Waals surface area contributed by atoms with Gasteiger partial charge in [0.25, 0.3) is 11.5 Å². The van der Waals surface area contributed by atoms with E-state index in [0.717, 1.165) is 28.5 Å². The third kappa shape index (κ3) is 3.87. The number of aromatic nitrogens is 2. The molecule has 27 heavy (non-hydrogen) atoms. The summed E-state index contributed by atoms with van der Waals surface area (Å²) < 4.78 is 13.9. The van der Waals surface area contributed by atoms with Crippen LogP contribution in [0.5, 0.6) is 0 Å². The van der Waals surface area contributed by atoms with E-state index in [2.05, 4.69) is 24.1 Å². The standard InChI is InChI=1S/C20H18FN3O3/c1-12(2)13-3-7-15(8-4-13)23-18(25)17-11-22-20(27)24(19(17)26)16-9-5-14(21)6-10-16/h3-12H,1-2H3,(H,22,27)(H,23,25). The molecule has 138 valence electrons. The molecular weight excluding hydrogens is 349 g/mol. The van der Waals surface area contributed by atoms with Crippen LogP contribution in [0.25, 0.3) is 5.69 Å². The summed E-state index contributed by atoms with van der Waals surface area (Å²) in [5.41, 5.74) is 0.0792. The predicted molar refractivity (Wildman–Crippen MR) is 101 cm³/mol. The van der Waals surface area contributed by atoms with Crippen molar-refractivity contribution in [1.29, 1.82) is 0 Å². The largest absolute Gasteiger partial charge is 0.333 e. The van der Waals surface area contributed by atoms with Gasteiger partial charge in [-0.2, -0.15) is 0 Å². The number of aromatic amines is 1. The molecule has 0 saturated carbocycles. The van der Waals surface area contributed by atoms with Crippen molar-refractivity contribution in [2.45, 2.75) is 19.8 Å². The Bertz CT molecular complexity index is 1080. The minimum absolute atomic E-state index is 0.165. The first-order valence-corrected chi connectivity index (χ1v) is 8.39. The number of benzene rings is 2. The summed E-state index contributed by atoms with van der Waals surface area (Å²) >= 11 is 0. The molecule has 0 spiro atoms.